The topological polar surface area (TPSA) is 51.5 Å². The zero-order chi connectivity index (χ0) is 11.8. The molecule has 1 atom stereocenters. The molecule has 2 aliphatic heterocycles. The Bertz CT molecular complexity index is 636. The van der Waals surface area contributed by atoms with Gasteiger partial charge in [-0.25, -0.2) is 4.99 Å². The van der Waals surface area contributed by atoms with Crippen molar-refractivity contribution >= 4 is 22.6 Å². The molecule has 0 spiro atoms. The Kier molecular flexibility index (Phi) is 2.48. The number of rotatable bonds is 2. The summed E-state index contributed by atoms with van der Waals surface area (Å²) in [5.41, 5.74) is 0.849. The molecule has 1 unspecified atom stereocenters. The molecule has 4 nitrogen and oxygen atoms in total. The SMILES string of the molecule is CCOC(=O)C1C=C2N=c3cccnc3=C2S1. The summed E-state index contributed by atoms with van der Waals surface area (Å²) in [6.45, 7) is 2.21. The van der Waals surface area contributed by atoms with Crippen molar-refractivity contribution in [2.45, 2.75) is 12.2 Å². The molecule has 0 fully saturated rings. The van der Waals surface area contributed by atoms with Gasteiger partial charge < -0.3 is 4.74 Å². The molecular weight excluding hydrogens is 236 g/mol. The standard InChI is InChI=1S/C12H10N2O2S/c1-2-16-12(15)9-6-8-11(17-9)10-7(14-8)4-3-5-13-10/h3-6,9H,2H2,1H3. The third-order valence-corrected chi connectivity index (χ3v) is 3.77. The number of esters is 1. The quantitative estimate of drug-likeness (QED) is 0.708. The van der Waals surface area contributed by atoms with Gasteiger partial charge in [-0.05, 0) is 25.1 Å². The average molecular weight is 246 g/mol. The van der Waals surface area contributed by atoms with Crippen molar-refractivity contribution in [2.24, 2.45) is 4.99 Å². The molecule has 17 heavy (non-hydrogen) atoms. The third-order valence-electron chi connectivity index (χ3n) is 2.55. The van der Waals surface area contributed by atoms with Crippen molar-refractivity contribution in [2.75, 3.05) is 6.61 Å². The Balaban J connectivity index is 1.99. The van der Waals surface area contributed by atoms with Crippen LogP contribution in [0.15, 0.2) is 35.1 Å². The minimum absolute atomic E-state index is 0.209. The van der Waals surface area contributed by atoms with E-state index in [0.29, 0.717) is 6.61 Å². The highest BCUT2D eigenvalue weighted by atomic mass is 32.2. The fraction of sp³-hybridized carbons (Fsp3) is 0.250. The number of fused-ring (bicyclic) bond motifs is 2. The zero-order valence-electron chi connectivity index (χ0n) is 9.21. The lowest BCUT2D eigenvalue weighted by Gasteiger charge is -2.05. The van der Waals surface area contributed by atoms with Crippen LogP contribution in [-0.4, -0.2) is 22.8 Å². The maximum Gasteiger partial charge on any atom is 0.323 e. The lowest BCUT2D eigenvalue weighted by Crippen LogP contribution is -2.26. The maximum absolute atomic E-state index is 11.6. The van der Waals surface area contributed by atoms with Gasteiger partial charge in [0.1, 0.15) is 10.6 Å². The van der Waals surface area contributed by atoms with Crippen LogP contribution >= 0.6 is 11.8 Å². The lowest BCUT2D eigenvalue weighted by atomic mass is 10.3. The summed E-state index contributed by atoms with van der Waals surface area (Å²) >= 11 is 1.47. The van der Waals surface area contributed by atoms with Crippen LogP contribution in [0.5, 0.6) is 0 Å². The summed E-state index contributed by atoms with van der Waals surface area (Å²) in [6, 6.07) is 3.78. The molecule has 2 aliphatic rings. The van der Waals surface area contributed by atoms with E-state index in [1.54, 1.807) is 13.1 Å². The Labute approximate surface area is 102 Å². The van der Waals surface area contributed by atoms with Crippen LogP contribution in [0.1, 0.15) is 6.92 Å². The normalized spacial score (nSPS) is 20.4. The number of carbonyl (C=O) groups is 1. The van der Waals surface area contributed by atoms with Crippen LogP contribution in [0.4, 0.5) is 0 Å². The summed E-state index contributed by atoms with van der Waals surface area (Å²) < 4.78 is 5.00. The van der Waals surface area contributed by atoms with Crippen LogP contribution in [-0.2, 0) is 9.53 Å². The summed E-state index contributed by atoms with van der Waals surface area (Å²) in [6.07, 6.45) is 3.59. The first-order chi connectivity index (χ1) is 8.29. The molecule has 1 aromatic heterocycles. The zero-order valence-corrected chi connectivity index (χ0v) is 10.0. The first kappa shape index (κ1) is 10.5. The van der Waals surface area contributed by atoms with E-state index in [1.165, 1.54) is 11.8 Å². The van der Waals surface area contributed by atoms with E-state index in [9.17, 15) is 4.79 Å². The number of hydrogen-bond acceptors (Lipinski definition) is 5. The third kappa shape index (κ3) is 1.67. The number of carbonyl (C=O) groups excluding carboxylic acids is 1. The molecule has 0 radical (unpaired) electrons. The second kappa shape index (κ2) is 4.00. The first-order valence-corrected chi connectivity index (χ1v) is 6.27. The second-order valence-electron chi connectivity index (χ2n) is 3.65. The smallest absolute Gasteiger partial charge is 0.323 e. The van der Waals surface area contributed by atoms with Gasteiger partial charge in [0.2, 0.25) is 0 Å². The maximum atomic E-state index is 11.6. The molecule has 0 bridgehead atoms. The molecule has 86 valence electrons. The van der Waals surface area contributed by atoms with Crippen molar-refractivity contribution in [1.82, 2.24) is 4.98 Å². The number of aromatic nitrogens is 1. The molecule has 0 saturated heterocycles. The van der Waals surface area contributed by atoms with Crippen molar-refractivity contribution in [3.8, 4) is 0 Å². The van der Waals surface area contributed by atoms with Gasteiger partial charge in [0.15, 0.2) is 0 Å². The summed E-state index contributed by atoms with van der Waals surface area (Å²) in [4.78, 5) is 21.3. The van der Waals surface area contributed by atoms with E-state index in [-0.39, 0.29) is 11.2 Å². The summed E-state index contributed by atoms with van der Waals surface area (Å²) in [5.74, 6) is -0.209. The molecular formula is C12H10N2O2S. The number of pyridine rings is 1. The van der Waals surface area contributed by atoms with E-state index in [4.69, 9.17) is 4.74 Å². The Morgan fingerprint density at radius 3 is 3.29 bits per heavy atom. The van der Waals surface area contributed by atoms with E-state index in [2.05, 4.69) is 9.98 Å². The van der Waals surface area contributed by atoms with Crippen LogP contribution in [0.25, 0.3) is 4.91 Å². The second-order valence-corrected chi connectivity index (χ2v) is 4.81. The molecule has 1 aromatic rings. The Morgan fingerprint density at radius 2 is 2.47 bits per heavy atom. The van der Waals surface area contributed by atoms with Crippen LogP contribution in [0, 0.1) is 0 Å². The molecule has 3 rings (SSSR count). The minimum atomic E-state index is -0.279. The summed E-state index contributed by atoms with van der Waals surface area (Å²) in [7, 11) is 0. The minimum Gasteiger partial charge on any atom is -0.465 e. The van der Waals surface area contributed by atoms with Crippen LogP contribution in [0.3, 0.4) is 0 Å². The number of nitrogens with zero attached hydrogens (tertiary/aromatic N) is 2. The lowest BCUT2D eigenvalue weighted by molar-refractivity contribution is -0.141. The van der Waals surface area contributed by atoms with Gasteiger partial charge in [-0.3, -0.25) is 9.78 Å². The molecule has 0 saturated carbocycles. The van der Waals surface area contributed by atoms with Gasteiger partial charge in [-0.1, -0.05) is 0 Å². The first-order valence-electron chi connectivity index (χ1n) is 5.39. The van der Waals surface area contributed by atoms with Crippen molar-refractivity contribution < 1.29 is 9.53 Å². The number of thioether (sulfide) groups is 1. The van der Waals surface area contributed by atoms with Gasteiger partial charge in [-0.15, -0.1) is 11.8 Å². The number of hydrogen-bond donors (Lipinski definition) is 0. The largest absolute Gasteiger partial charge is 0.465 e. The molecule has 0 aliphatic carbocycles. The van der Waals surface area contributed by atoms with Gasteiger partial charge in [0, 0.05) is 6.20 Å². The van der Waals surface area contributed by atoms with Crippen LogP contribution in [0.2, 0.25) is 0 Å². The predicted molar refractivity (Wildman–Crippen MR) is 64.5 cm³/mol. The highest BCUT2D eigenvalue weighted by Gasteiger charge is 2.31. The predicted octanol–water partition coefficient (Wildman–Crippen LogP) is 0.385. The van der Waals surface area contributed by atoms with Crippen LogP contribution < -0.4 is 10.7 Å². The van der Waals surface area contributed by atoms with E-state index in [0.717, 1.165) is 21.3 Å². The summed E-state index contributed by atoms with van der Waals surface area (Å²) in [5, 5.41) is 1.47. The highest BCUT2D eigenvalue weighted by Crippen LogP contribution is 2.39. The van der Waals surface area contributed by atoms with Gasteiger partial charge in [0.25, 0.3) is 0 Å². The average Bonchev–Trinajstić information content (AvgIpc) is 2.86. The molecule has 5 heteroatoms. The fourth-order valence-corrected chi connectivity index (χ4v) is 2.96. The van der Waals surface area contributed by atoms with Crippen molar-refractivity contribution in [1.29, 1.82) is 0 Å². The number of ether oxygens (including phenoxy) is 1. The van der Waals surface area contributed by atoms with E-state index < -0.39 is 0 Å². The molecule has 0 aromatic carbocycles. The molecule has 0 N–H and O–H groups in total. The van der Waals surface area contributed by atoms with Gasteiger partial charge >= 0.3 is 5.97 Å². The van der Waals surface area contributed by atoms with E-state index >= 15 is 0 Å². The fourth-order valence-electron chi connectivity index (χ4n) is 1.84. The van der Waals surface area contributed by atoms with Gasteiger partial charge in [0.05, 0.1) is 22.6 Å². The monoisotopic (exact) mass is 246 g/mol. The van der Waals surface area contributed by atoms with Crippen molar-refractivity contribution in [3.63, 3.8) is 0 Å². The molecule has 3 heterocycles. The van der Waals surface area contributed by atoms with E-state index in [1.807, 2.05) is 18.2 Å². The Morgan fingerprint density at radius 1 is 1.59 bits per heavy atom. The van der Waals surface area contributed by atoms with Crippen molar-refractivity contribution in [3.05, 3.63) is 40.8 Å². The highest BCUT2D eigenvalue weighted by molar-refractivity contribution is 8.09. The molecule has 0 amide bonds. The van der Waals surface area contributed by atoms with Gasteiger partial charge in [-0.2, -0.15) is 0 Å². The Hall–Kier alpha value is -1.62.